The van der Waals surface area contributed by atoms with Crippen molar-refractivity contribution in [3.8, 4) is 0 Å². The minimum absolute atomic E-state index is 0.169. The number of aliphatic hydroxyl groups excluding tert-OH is 1. The van der Waals surface area contributed by atoms with Crippen molar-refractivity contribution >= 4 is 0 Å². The highest BCUT2D eigenvalue weighted by Gasteiger charge is 2.32. The number of piperidine rings is 1. The van der Waals surface area contributed by atoms with Crippen LogP contribution >= 0.6 is 0 Å². The van der Waals surface area contributed by atoms with Crippen LogP contribution in [-0.4, -0.2) is 34.6 Å². The standard InChI is InChI=1S/C9H19NO2/c1-9(2,3)7-4-8(11)6-10(12)5-7/h7-8,11-12H,4-6H2,1-3H3/t7-,8-/m0/s1. The molecule has 0 saturated carbocycles. The molecule has 0 bridgehead atoms. The Morgan fingerprint density at radius 2 is 1.83 bits per heavy atom. The second kappa shape index (κ2) is 3.32. The number of hydroxylamine groups is 2. The lowest BCUT2D eigenvalue weighted by molar-refractivity contribution is -0.159. The molecule has 1 heterocycles. The summed E-state index contributed by atoms with van der Waals surface area (Å²) in [5.41, 5.74) is 0.169. The molecule has 3 nitrogen and oxygen atoms in total. The lowest BCUT2D eigenvalue weighted by Gasteiger charge is -2.39. The maximum atomic E-state index is 9.41. The van der Waals surface area contributed by atoms with E-state index in [0.717, 1.165) is 6.42 Å². The third-order valence-corrected chi connectivity index (χ3v) is 2.63. The van der Waals surface area contributed by atoms with Gasteiger partial charge < -0.3 is 10.3 Å². The smallest absolute Gasteiger partial charge is 0.0693 e. The van der Waals surface area contributed by atoms with E-state index in [0.29, 0.717) is 19.0 Å². The molecule has 1 aliphatic heterocycles. The second-order valence-electron chi connectivity index (χ2n) is 4.82. The van der Waals surface area contributed by atoms with Crippen molar-refractivity contribution in [2.45, 2.75) is 33.3 Å². The average Bonchev–Trinajstić information content (AvgIpc) is 1.82. The summed E-state index contributed by atoms with van der Waals surface area (Å²) in [4.78, 5) is 0. The zero-order chi connectivity index (χ0) is 9.35. The molecule has 3 heteroatoms. The normalized spacial score (nSPS) is 33.8. The first-order chi connectivity index (χ1) is 5.39. The van der Waals surface area contributed by atoms with Crippen LogP contribution in [0.2, 0.25) is 0 Å². The Bertz CT molecular complexity index is 143. The molecule has 0 spiro atoms. The van der Waals surface area contributed by atoms with E-state index in [-0.39, 0.29) is 11.5 Å². The lowest BCUT2D eigenvalue weighted by Crippen LogP contribution is -2.45. The Hall–Kier alpha value is -0.120. The van der Waals surface area contributed by atoms with Gasteiger partial charge in [0.2, 0.25) is 0 Å². The Labute approximate surface area is 74.0 Å². The summed E-state index contributed by atoms with van der Waals surface area (Å²) in [6, 6.07) is 0. The van der Waals surface area contributed by atoms with Gasteiger partial charge in [0.15, 0.2) is 0 Å². The summed E-state index contributed by atoms with van der Waals surface area (Å²) in [6.07, 6.45) is 0.438. The van der Waals surface area contributed by atoms with Gasteiger partial charge in [0.05, 0.1) is 6.10 Å². The number of hydrogen-bond acceptors (Lipinski definition) is 3. The molecule has 1 saturated heterocycles. The maximum absolute atomic E-state index is 9.41. The minimum atomic E-state index is -0.368. The van der Waals surface area contributed by atoms with Crippen molar-refractivity contribution in [3.63, 3.8) is 0 Å². The summed E-state index contributed by atoms with van der Waals surface area (Å²) in [5.74, 6) is 0.381. The fourth-order valence-electron chi connectivity index (χ4n) is 1.68. The predicted octanol–water partition coefficient (Wildman–Crippen LogP) is 1.10. The van der Waals surface area contributed by atoms with Gasteiger partial charge in [-0.1, -0.05) is 20.8 Å². The van der Waals surface area contributed by atoms with E-state index in [1.165, 1.54) is 5.06 Å². The molecule has 0 aromatic carbocycles. The van der Waals surface area contributed by atoms with Crippen LogP contribution in [0.1, 0.15) is 27.2 Å². The highest BCUT2D eigenvalue weighted by atomic mass is 16.5. The zero-order valence-electron chi connectivity index (χ0n) is 8.12. The number of rotatable bonds is 0. The van der Waals surface area contributed by atoms with Crippen molar-refractivity contribution in [3.05, 3.63) is 0 Å². The first kappa shape index (κ1) is 9.96. The SMILES string of the molecule is CC(C)(C)[C@H]1C[C@H](O)CN(O)C1. The highest BCUT2D eigenvalue weighted by Crippen LogP contribution is 2.32. The fourth-order valence-corrected chi connectivity index (χ4v) is 1.68. The average molecular weight is 173 g/mol. The van der Waals surface area contributed by atoms with E-state index in [2.05, 4.69) is 20.8 Å². The number of aliphatic hydroxyl groups is 1. The van der Waals surface area contributed by atoms with Gasteiger partial charge in [0, 0.05) is 13.1 Å². The van der Waals surface area contributed by atoms with Crippen LogP contribution in [-0.2, 0) is 0 Å². The van der Waals surface area contributed by atoms with Crippen molar-refractivity contribution in [1.82, 2.24) is 5.06 Å². The predicted molar refractivity (Wildman–Crippen MR) is 46.9 cm³/mol. The quantitative estimate of drug-likeness (QED) is 0.576. The first-order valence-corrected chi connectivity index (χ1v) is 4.51. The van der Waals surface area contributed by atoms with E-state index in [1.54, 1.807) is 0 Å². The van der Waals surface area contributed by atoms with E-state index >= 15 is 0 Å². The summed E-state index contributed by atoms with van der Waals surface area (Å²) in [6.45, 7) is 7.50. The monoisotopic (exact) mass is 173 g/mol. The fraction of sp³-hybridized carbons (Fsp3) is 1.00. The van der Waals surface area contributed by atoms with Crippen molar-refractivity contribution in [1.29, 1.82) is 0 Å². The molecule has 0 aromatic rings. The lowest BCUT2D eigenvalue weighted by atomic mass is 9.76. The highest BCUT2D eigenvalue weighted by molar-refractivity contribution is 4.82. The van der Waals surface area contributed by atoms with Gasteiger partial charge in [-0.2, -0.15) is 5.06 Å². The second-order valence-corrected chi connectivity index (χ2v) is 4.82. The van der Waals surface area contributed by atoms with Gasteiger partial charge in [-0.25, -0.2) is 0 Å². The van der Waals surface area contributed by atoms with Crippen LogP contribution in [0.4, 0.5) is 0 Å². The third-order valence-electron chi connectivity index (χ3n) is 2.63. The summed E-state index contributed by atoms with van der Waals surface area (Å²) >= 11 is 0. The topological polar surface area (TPSA) is 43.7 Å². The molecule has 1 fully saturated rings. The summed E-state index contributed by atoms with van der Waals surface area (Å²) in [7, 11) is 0. The van der Waals surface area contributed by atoms with E-state index in [4.69, 9.17) is 0 Å². The third kappa shape index (κ3) is 2.44. The molecule has 2 atom stereocenters. The molecular formula is C9H19NO2. The van der Waals surface area contributed by atoms with Gasteiger partial charge >= 0.3 is 0 Å². The molecule has 1 rings (SSSR count). The van der Waals surface area contributed by atoms with Gasteiger partial charge in [-0.15, -0.1) is 0 Å². The van der Waals surface area contributed by atoms with E-state index < -0.39 is 0 Å². The molecule has 0 radical (unpaired) electrons. The minimum Gasteiger partial charge on any atom is -0.392 e. The van der Waals surface area contributed by atoms with Crippen LogP contribution in [0.3, 0.4) is 0 Å². The Kier molecular flexibility index (Phi) is 2.76. The maximum Gasteiger partial charge on any atom is 0.0693 e. The van der Waals surface area contributed by atoms with E-state index in [9.17, 15) is 10.3 Å². The molecule has 0 amide bonds. The van der Waals surface area contributed by atoms with Crippen molar-refractivity contribution < 1.29 is 10.3 Å². The van der Waals surface area contributed by atoms with Gasteiger partial charge in [-0.05, 0) is 17.8 Å². The van der Waals surface area contributed by atoms with Gasteiger partial charge in [0.1, 0.15) is 0 Å². The molecular weight excluding hydrogens is 154 g/mol. The van der Waals surface area contributed by atoms with Crippen LogP contribution < -0.4 is 0 Å². The first-order valence-electron chi connectivity index (χ1n) is 4.51. The zero-order valence-corrected chi connectivity index (χ0v) is 8.12. The van der Waals surface area contributed by atoms with Gasteiger partial charge in [0.25, 0.3) is 0 Å². The Morgan fingerprint density at radius 3 is 2.25 bits per heavy atom. The number of nitrogens with zero attached hydrogens (tertiary/aromatic N) is 1. The number of β-amino-alcohol motifs (C(OH)–C–C–N with tert-alkyl or cyclic N) is 1. The van der Waals surface area contributed by atoms with E-state index in [1.807, 2.05) is 0 Å². The Balaban J connectivity index is 2.55. The molecule has 72 valence electrons. The van der Waals surface area contributed by atoms with Crippen LogP contribution in [0.15, 0.2) is 0 Å². The summed E-state index contributed by atoms with van der Waals surface area (Å²) in [5, 5.41) is 19.9. The summed E-state index contributed by atoms with van der Waals surface area (Å²) < 4.78 is 0. The van der Waals surface area contributed by atoms with Crippen LogP contribution in [0.5, 0.6) is 0 Å². The van der Waals surface area contributed by atoms with Crippen molar-refractivity contribution in [2.75, 3.05) is 13.1 Å². The number of hydrogen-bond donors (Lipinski definition) is 2. The largest absolute Gasteiger partial charge is 0.392 e. The molecule has 1 aliphatic rings. The van der Waals surface area contributed by atoms with Crippen LogP contribution in [0.25, 0.3) is 0 Å². The van der Waals surface area contributed by atoms with Gasteiger partial charge in [-0.3, -0.25) is 0 Å². The van der Waals surface area contributed by atoms with Crippen LogP contribution in [0, 0.1) is 11.3 Å². The molecule has 0 aromatic heterocycles. The van der Waals surface area contributed by atoms with Crippen molar-refractivity contribution in [2.24, 2.45) is 11.3 Å². The molecule has 0 aliphatic carbocycles. The molecule has 2 N–H and O–H groups in total. The molecule has 0 unspecified atom stereocenters. The molecule has 12 heavy (non-hydrogen) atoms. The Morgan fingerprint density at radius 1 is 1.25 bits per heavy atom.